The van der Waals surface area contributed by atoms with Gasteiger partial charge in [-0.1, -0.05) is 37.3 Å². The normalized spacial score (nSPS) is 10.8. The second-order valence-corrected chi connectivity index (χ2v) is 7.09. The third-order valence-electron chi connectivity index (χ3n) is 4.39. The first-order valence-electron chi connectivity index (χ1n) is 9.00. The summed E-state index contributed by atoms with van der Waals surface area (Å²) in [7, 11) is 0. The molecule has 6 nitrogen and oxygen atoms in total. The van der Waals surface area contributed by atoms with Gasteiger partial charge in [0.05, 0.1) is 29.7 Å². The Balaban J connectivity index is 1.52. The molecule has 0 fully saturated rings. The van der Waals surface area contributed by atoms with Crippen molar-refractivity contribution in [2.45, 2.75) is 19.9 Å². The maximum absolute atomic E-state index is 12.8. The minimum Gasteiger partial charge on any atom is -0.298 e. The van der Waals surface area contributed by atoms with Crippen LogP contribution in [0.5, 0.6) is 0 Å². The number of thiazole rings is 1. The standard InChI is InChI=1S/C21H19N5OS/c1-2-19-17(12-23-26(19)13-15-7-4-3-5-8-15)20(27)25-21-24-18(14-28-21)16-9-6-10-22-11-16/h3-12,14H,2,13H2,1H3,(H,24,25,27). The second kappa shape index (κ2) is 8.14. The fourth-order valence-corrected chi connectivity index (χ4v) is 3.72. The van der Waals surface area contributed by atoms with Gasteiger partial charge in [-0.25, -0.2) is 4.98 Å². The lowest BCUT2D eigenvalue weighted by molar-refractivity contribution is 0.102. The molecule has 1 aromatic carbocycles. The molecule has 140 valence electrons. The van der Waals surface area contributed by atoms with Gasteiger partial charge in [0.1, 0.15) is 0 Å². The predicted octanol–water partition coefficient (Wildman–Crippen LogP) is 4.26. The van der Waals surface area contributed by atoms with Crippen molar-refractivity contribution < 1.29 is 4.79 Å². The van der Waals surface area contributed by atoms with Crippen molar-refractivity contribution in [3.8, 4) is 11.3 Å². The summed E-state index contributed by atoms with van der Waals surface area (Å²) in [6.07, 6.45) is 5.82. The Bertz CT molecular complexity index is 1070. The van der Waals surface area contributed by atoms with Gasteiger partial charge in [-0.05, 0) is 24.1 Å². The fraction of sp³-hybridized carbons (Fsp3) is 0.143. The number of carbonyl (C=O) groups is 1. The topological polar surface area (TPSA) is 72.7 Å². The summed E-state index contributed by atoms with van der Waals surface area (Å²) in [6, 6.07) is 13.9. The average molecular weight is 389 g/mol. The van der Waals surface area contributed by atoms with Crippen LogP contribution in [0.3, 0.4) is 0 Å². The smallest absolute Gasteiger partial charge is 0.260 e. The van der Waals surface area contributed by atoms with Crippen LogP contribution in [0.1, 0.15) is 28.5 Å². The molecule has 0 saturated heterocycles. The van der Waals surface area contributed by atoms with E-state index in [1.165, 1.54) is 11.3 Å². The van der Waals surface area contributed by atoms with E-state index in [0.717, 1.165) is 22.5 Å². The molecule has 0 saturated carbocycles. The summed E-state index contributed by atoms with van der Waals surface area (Å²) in [4.78, 5) is 21.4. The highest BCUT2D eigenvalue weighted by Crippen LogP contribution is 2.25. The molecule has 0 unspecified atom stereocenters. The van der Waals surface area contributed by atoms with Crippen molar-refractivity contribution in [1.82, 2.24) is 19.7 Å². The quantitative estimate of drug-likeness (QED) is 0.535. The third kappa shape index (κ3) is 3.84. The van der Waals surface area contributed by atoms with Crippen LogP contribution >= 0.6 is 11.3 Å². The number of benzene rings is 1. The van der Waals surface area contributed by atoms with Gasteiger partial charge in [0.25, 0.3) is 5.91 Å². The Kier molecular flexibility index (Phi) is 5.25. The summed E-state index contributed by atoms with van der Waals surface area (Å²) < 4.78 is 1.88. The number of hydrogen-bond donors (Lipinski definition) is 1. The Morgan fingerprint density at radius 3 is 2.75 bits per heavy atom. The van der Waals surface area contributed by atoms with Crippen LogP contribution in [-0.4, -0.2) is 25.7 Å². The molecule has 0 bridgehead atoms. The van der Waals surface area contributed by atoms with E-state index in [2.05, 4.69) is 32.5 Å². The van der Waals surface area contributed by atoms with E-state index in [9.17, 15) is 4.79 Å². The SMILES string of the molecule is CCc1c(C(=O)Nc2nc(-c3cccnc3)cs2)cnn1Cc1ccccc1. The first-order chi connectivity index (χ1) is 13.7. The summed E-state index contributed by atoms with van der Waals surface area (Å²) in [5.41, 5.74) is 4.35. The van der Waals surface area contributed by atoms with E-state index in [0.29, 0.717) is 23.7 Å². The molecule has 0 aliphatic rings. The zero-order valence-electron chi connectivity index (χ0n) is 15.4. The summed E-state index contributed by atoms with van der Waals surface area (Å²) in [5.74, 6) is -0.191. The van der Waals surface area contributed by atoms with Gasteiger partial charge in [-0.15, -0.1) is 11.3 Å². The van der Waals surface area contributed by atoms with Crippen molar-refractivity contribution >= 4 is 22.4 Å². The largest absolute Gasteiger partial charge is 0.298 e. The number of nitrogens with one attached hydrogen (secondary N) is 1. The second-order valence-electron chi connectivity index (χ2n) is 6.24. The molecule has 0 aliphatic carbocycles. The predicted molar refractivity (Wildman–Crippen MR) is 110 cm³/mol. The Hall–Kier alpha value is -3.32. The van der Waals surface area contributed by atoms with Crippen LogP contribution in [0.4, 0.5) is 5.13 Å². The first kappa shape index (κ1) is 18.1. The molecule has 0 aliphatic heterocycles. The molecular weight excluding hydrogens is 370 g/mol. The van der Waals surface area contributed by atoms with E-state index < -0.39 is 0 Å². The van der Waals surface area contributed by atoms with E-state index in [1.54, 1.807) is 18.6 Å². The summed E-state index contributed by atoms with van der Waals surface area (Å²) in [5, 5.41) is 9.79. The molecule has 0 spiro atoms. The average Bonchev–Trinajstić information content (AvgIpc) is 3.36. The van der Waals surface area contributed by atoms with Crippen LogP contribution in [-0.2, 0) is 13.0 Å². The molecule has 4 aromatic rings. The molecule has 28 heavy (non-hydrogen) atoms. The van der Waals surface area contributed by atoms with Crippen molar-refractivity contribution in [1.29, 1.82) is 0 Å². The molecule has 7 heteroatoms. The van der Waals surface area contributed by atoms with E-state index in [-0.39, 0.29) is 5.91 Å². The third-order valence-corrected chi connectivity index (χ3v) is 5.14. The number of anilines is 1. The number of carbonyl (C=O) groups excluding carboxylic acids is 1. The zero-order valence-corrected chi connectivity index (χ0v) is 16.2. The van der Waals surface area contributed by atoms with Crippen LogP contribution in [0.25, 0.3) is 11.3 Å². The lowest BCUT2D eigenvalue weighted by Crippen LogP contribution is -2.15. The molecule has 0 atom stereocenters. The molecule has 1 N–H and O–H groups in total. The van der Waals surface area contributed by atoms with Crippen LogP contribution in [0.2, 0.25) is 0 Å². The van der Waals surface area contributed by atoms with Gasteiger partial charge in [0.2, 0.25) is 0 Å². The number of hydrogen-bond acceptors (Lipinski definition) is 5. The highest BCUT2D eigenvalue weighted by molar-refractivity contribution is 7.14. The number of amides is 1. The van der Waals surface area contributed by atoms with Gasteiger partial charge in [0, 0.05) is 23.3 Å². The molecule has 0 radical (unpaired) electrons. The van der Waals surface area contributed by atoms with E-state index in [1.807, 2.05) is 47.3 Å². The minimum atomic E-state index is -0.191. The lowest BCUT2D eigenvalue weighted by Gasteiger charge is -2.08. The monoisotopic (exact) mass is 389 g/mol. The first-order valence-corrected chi connectivity index (χ1v) is 9.88. The van der Waals surface area contributed by atoms with Crippen molar-refractivity contribution in [2.75, 3.05) is 5.32 Å². The van der Waals surface area contributed by atoms with Crippen molar-refractivity contribution in [3.63, 3.8) is 0 Å². The maximum Gasteiger partial charge on any atom is 0.260 e. The molecular formula is C21H19N5OS. The minimum absolute atomic E-state index is 0.191. The number of rotatable bonds is 6. The van der Waals surface area contributed by atoms with Gasteiger partial charge in [0.15, 0.2) is 5.13 Å². The Labute approximate surface area is 166 Å². The van der Waals surface area contributed by atoms with Gasteiger partial charge >= 0.3 is 0 Å². The maximum atomic E-state index is 12.8. The van der Waals surface area contributed by atoms with E-state index >= 15 is 0 Å². The highest BCUT2D eigenvalue weighted by atomic mass is 32.1. The molecule has 1 amide bonds. The van der Waals surface area contributed by atoms with E-state index in [4.69, 9.17) is 0 Å². The van der Waals surface area contributed by atoms with Crippen molar-refractivity contribution in [3.05, 3.63) is 83.3 Å². The summed E-state index contributed by atoms with van der Waals surface area (Å²) in [6.45, 7) is 2.67. The number of nitrogens with zero attached hydrogens (tertiary/aromatic N) is 4. The number of aromatic nitrogens is 4. The van der Waals surface area contributed by atoms with Crippen LogP contribution in [0.15, 0.2) is 66.4 Å². The Morgan fingerprint density at radius 2 is 2.00 bits per heavy atom. The highest BCUT2D eigenvalue weighted by Gasteiger charge is 2.18. The molecule has 3 aromatic heterocycles. The van der Waals surface area contributed by atoms with Gasteiger partial charge in [-0.2, -0.15) is 5.10 Å². The zero-order chi connectivity index (χ0) is 19.3. The lowest BCUT2D eigenvalue weighted by atomic mass is 10.2. The Morgan fingerprint density at radius 1 is 1.14 bits per heavy atom. The number of pyridine rings is 1. The fourth-order valence-electron chi connectivity index (χ4n) is 3.01. The summed E-state index contributed by atoms with van der Waals surface area (Å²) >= 11 is 1.39. The molecule has 4 rings (SSSR count). The van der Waals surface area contributed by atoms with Crippen LogP contribution < -0.4 is 5.32 Å². The molecule has 3 heterocycles. The van der Waals surface area contributed by atoms with Gasteiger partial charge < -0.3 is 0 Å². The van der Waals surface area contributed by atoms with Gasteiger partial charge in [-0.3, -0.25) is 19.8 Å². The van der Waals surface area contributed by atoms with Crippen LogP contribution in [0, 0.1) is 0 Å². The van der Waals surface area contributed by atoms with Crippen molar-refractivity contribution in [2.24, 2.45) is 0 Å².